The largest absolute Gasteiger partial charge is 0.383 e. The monoisotopic (exact) mass is 530 g/mol. The summed E-state index contributed by atoms with van der Waals surface area (Å²) in [5.74, 6) is 0.667. The van der Waals surface area contributed by atoms with Crippen molar-refractivity contribution in [1.82, 2.24) is 15.5 Å². The fourth-order valence-corrected chi connectivity index (χ4v) is 3.46. The second kappa shape index (κ2) is 12.1. The maximum Gasteiger partial charge on any atom is 0.253 e. The highest BCUT2D eigenvalue weighted by Gasteiger charge is 2.23. The van der Waals surface area contributed by atoms with Crippen LogP contribution >= 0.6 is 35.3 Å². The van der Waals surface area contributed by atoms with Crippen molar-refractivity contribution in [2.24, 2.45) is 4.99 Å². The minimum absolute atomic E-state index is 0. The Bertz CT molecular complexity index is 792. The molecule has 8 heteroatoms. The zero-order chi connectivity index (χ0) is 20.6. The van der Waals surface area contributed by atoms with E-state index in [1.807, 2.05) is 48.7 Å². The standard InChI is InChI=1S/C21H30N4O2S.HI/c1-5-22-20(24-15-21(2,27)18-10-7-13-28-18)23-12-11-16-8-6-9-17(14-16)19(26)25(3)4;/h6-10,13-14,27H,5,11-12,15H2,1-4H3,(H2,22,23,24);1H. The van der Waals surface area contributed by atoms with Gasteiger partial charge in [-0.2, -0.15) is 0 Å². The fourth-order valence-electron chi connectivity index (χ4n) is 2.68. The molecule has 0 aliphatic heterocycles. The second-order valence-electron chi connectivity index (χ2n) is 7.02. The van der Waals surface area contributed by atoms with E-state index >= 15 is 0 Å². The van der Waals surface area contributed by atoms with Gasteiger partial charge in [-0.3, -0.25) is 4.79 Å². The van der Waals surface area contributed by atoms with Crippen LogP contribution in [-0.2, 0) is 12.0 Å². The van der Waals surface area contributed by atoms with Gasteiger partial charge in [-0.1, -0.05) is 18.2 Å². The third-order valence-electron chi connectivity index (χ3n) is 4.23. The molecule has 0 saturated heterocycles. The highest BCUT2D eigenvalue weighted by atomic mass is 127. The molecule has 1 amide bonds. The lowest BCUT2D eigenvalue weighted by Crippen LogP contribution is -2.39. The summed E-state index contributed by atoms with van der Waals surface area (Å²) < 4.78 is 0. The molecule has 1 unspecified atom stereocenters. The van der Waals surface area contributed by atoms with Crippen molar-refractivity contribution in [3.8, 4) is 0 Å². The third kappa shape index (κ3) is 7.94. The molecule has 0 aliphatic carbocycles. The molecule has 0 radical (unpaired) electrons. The van der Waals surface area contributed by atoms with E-state index in [1.165, 1.54) is 11.3 Å². The highest BCUT2D eigenvalue weighted by Crippen LogP contribution is 2.25. The summed E-state index contributed by atoms with van der Waals surface area (Å²) in [5.41, 5.74) is 0.786. The van der Waals surface area contributed by atoms with E-state index in [2.05, 4.69) is 15.6 Å². The molecule has 6 nitrogen and oxygen atoms in total. The smallest absolute Gasteiger partial charge is 0.253 e. The molecule has 1 heterocycles. The number of carbonyl (C=O) groups is 1. The summed E-state index contributed by atoms with van der Waals surface area (Å²) >= 11 is 1.52. The van der Waals surface area contributed by atoms with E-state index in [0.717, 1.165) is 23.4 Å². The lowest BCUT2D eigenvalue weighted by Gasteiger charge is -2.20. The number of thiophene rings is 1. The summed E-state index contributed by atoms with van der Waals surface area (Å²) in [7, 11) is 3.50. The quantitative estimate of drug-likeness (QED) is 0.279. The number of nitrogens with zero attached hydrogens (tertiary/aromatic N) is 2. The van der Waals surface area contributed by atoms with Gasteiger partial charge in [0.2, 0.25) is 0 Å². The predicted octanol–water partition coefficient (Wildman–Crippen LogP) is 3.07. The van der Waals surface area contributed by atoms with Crippen LogP contribution < -0.4 is 10.6 Å². The zero-order valence-electron chi connectivity index (χ0n) is 17.4. The summed E-state index contributed by atoms with van der Waals surface area (Å²) in [6.07, 6.45) is 0.764. The molecule has 0 bridgehead atoms. The van der Waals surface area contributed by atoms with Gasteiger partial charge in [0.05, 0.1) is 6.54 Å². The molecule has 2 aromatic rings. The summed E-state index contributed by atoms with van der Waals surface area (Å²) in [5, 5.41) is 19.1. The van der Waals surface area contributed by atoms with Crippen LogP contribution in [0.5, 0.6) is 0 Å². The molecule has 160 valence electrons. The molecule has 0 saturated carbocycles. The lowest BCUT2D eigenvalue weighted by atomic mass is 10.1. The van der Waals surface area contributed by atoms with E-state index in [9.17, 15) is 9.90 Å². The molecule has 0 aliphatic rings. The van der Waals surface area contributed by atoms with Crippen molar-refractivity contribution in [2.75, 3.05) is 33.7 Å². The molecule has 1 atom stereocenters. The van der Waals surface area contributed by atoms with Crippen LogP contribution in [0.2, 0.25) is 0 Å². The first-order valence-corrected chi connectivity index (χ1v) is 10.3. The molecule has 29 heavy (non-hydrogen) atoms. The van der Waals surface area contributed by atoms with Crippen molar-refractivity contribution in [2.45, 2.75) is 25.9 Å². The molecule has 0 fully saturated rings. The van der Waals surface area contributed by atoms with E-state index < -0.39 is 5.60 Å². The maximum atomic E-state index is 12.1. The summed E-state index contributed by atoms with van der Waals surface area (Å²) in [4.78, 5) is 19.1. The molecule has 0 spiro atoms. The highest BCUT2D eigenvalue weighted by molar-refractivity contribution is 14.0. The average molecular weight is 530 g/mol. The molecule has 2 rings (SSSR count). The van der Waals surface area contributed by atoms with Gasteiger partial charge < -0.3 is 20.6 Å². The number of nitrogens with one attached hydrogen (secondary N) is 2. The molecule has 1 aromatic heterocycles. The minimum atomic E-state index is -0.989. The maximum absolute atomic E-state index is 12.1. The number of rotatable bonds is 8. The molecule has 1 aromatic carbocycles. The van der Waals surface area contributed by atoms with Crippen LogP contribution in [0.15, 0.2) is 46.8 Å². The van der Waals surface area contributed by atoms with Crippen molar-refractivity contribution in [3.05, 3.63) is 57.8 Å². The van der Waals surface area contributed by atoms with Crippen LogP contribution in [0.4, 0.5) is 0 Å². The Morgan fingerprint density at radius 3 is 2.62 bits per heavy atom. The van der Waals surface area contributed by atoms with Gasteiger partial charge >= 0.3 is 0 Å². The van der Waals surface area contributed by atoms with Gasteiger partial charge in [0, 0.05) is 37.6 Å². The molecular formula is C21H31IN4O2S. The number of hydrogen-bond donors (Lipinski definition) is 3. The topological polar surface area (TPSA) is 77.0 Å². The Labute approximate surface area is 194 Å². The second-order valence-corrected chi connectivity index (χ2v) is 7.97. The van der Waals surface area contributed by atoms with Crippen molar-refractivity contribution >= 4 is 47.2 Å². The predicted molar refractivity (Wildman–Crippen MR) is 131 cm³/mol. The summed E-state index contributed by atoms with van der Waals surface area (Å²) in [6.45, 7) is 5.46. The number of carbonyl (C=O) groups excluding carboxylic acids is 1. The van der Waals surface area contributed by atoms with Crippen molar-refractivity contribution in [1.29, 1.82) is 0 Å². The number of halogens is 1. The SMILES string of the molecule is CCNC(=NCC(C)(O)c1cccs1)NCCc1cccc(C(=O)N(C)C)c1.I. The normalized spacial score (nSPS) is 13.2. The lowest BCUT2D eigenvalue weighted by molar-refractivity contribution is 0.0711. The van der Waals surface area contributed by atoms with Crippen molar-refractivity contribution in [3.63, 3.8) is 0 Å². The van der Waals surface area contributed by atoms with Crippen LogP contribution in [0.1, 0.15) is 34.6 Å². The van der Waals surface area contributed by atoms with Gasteiger partial charge in [0.25, 0.3) is 5.91 Å². The van der Waals surface area contributed by atoms with Gasteiger partial charge in [0.15, 0.2) is 5.96 Å². The number of aliphatic hydroxyl groups is 1. The van der Waals surface area contributed by atoms with E-state index in [4.69, 9.17) is 0 Å². The fraction of sp³-hybridized carbons (Fsp3) is 0.429. The zero-order valence-corrected chi connectivity index (χ0v) is 20.6. The first kappa shape index (κ1) is 25.4. The van der Waals surface area contributed by atoms with Crippen LogP contribution in [0.3, 0.4) is 0 Å². The van der Waals surface area contributed by atoms with Crippen molar-refractivity contribution < 1.29 is 9.90 Å². The van der Waals surface area contributed by atoms with Crippen LogP contribution in [0, 0.1) is 0 Å². The Kier molecular flexibility index (Phi) is 10.6. The van der Waals surface area contributed by atoms with Gasteiger partial charge in [-0.05, 0) is 49.4 Å². The number of amides is 1. The number of hydrogen-bond acceptors (Lipinski definition) is 4. The molecular weight excluding hydrogens is 499 g/mol. The number of aliphatic imine (C=N–C) groups is 1. The van der Waals surface area contributed by atoms with Crippen LogP contribution in [0.25, 0.3) is 0 Å². The first-order valence-electron chi connectivity index (χ1n) is 9.42. The number of guanidine groups is 1. The minimum Gasteiger partial charge on any atom is -0.383 e. The van der Waals surface area contributed by atoms with Gasteiger partial charge in [-0.25, -0.2) is 4.99 Å². The average Bonchev–Trinajstić information content (AvgIpc) is 3.21. The van der Waals surface area contributed by atoms with E-state index in [1.54, 1.807) is 25.9 Å². The van der Waals surface area contributed by atoms with E-state index in [-0.39, 0.29) is 36.4 Å². The first-order chi connectivity index (χ1) is 13.3. The number of benzene rings is 1. The van der Waals surface area contributed by atoms with Crippen LogP contribution in [-0.4, -0.2) is 55.6 Å². The van der Waals surface area contributed by atoms with E-state index in [0.29, 0.717) is 18.1 Å². The van der Waals surface area contributed by atoms with Gasteiger partial charge in [-0.15, -0.1) is 35.3 Å². The summed E-state index contributed by atoms with van der Waals surface area (Å²) in [6, 6.07) is 11.5. The molecule has 3 N–H and O–H groups in total. The Morgan fingerprint density at radius 1 is 1.24 bits per heavy atom. The Morgan fingerprint density at radius 2 is 2.00 bits per heavy atom. The van der Waals surface area contributed by atoms with Gasteiger partial charge in [0.1, 0.15) is 5.60 Å². The Balaban J connectivity index is 0.00000420. The Hall–Kier alpha value is -1.65. The third-order valence-corrected chi connectivity index (χ3v) is 5.35.